The highest BCUT2D eigenvalue weighted by Gasteiger charge is 2.44. The minimum absolute atomic E-state index is 0.279. The second kappa shape index (κ2) is 5.53. The Hall–Kier alpha value is -2.53. The molecule has 4 heterocycles. The SMILES string of the molecule is Nc1ncnc2c1c(-c1cn[nH]c1)cn2[C@@H]1O[C@H](CO)C(O)[C@@H]1O. The number of aliphatic hydroxyl groups excluding tert-OH is 3. The average Bonchev–Trinajstić information content (AvgIpc) is 3.28. The molecule has 3 aromatic rings. The van der Waals surface area contributed by atoms with Gasteiger partial charge in [0.05, 0.1) is 18.2 Å². The van der Waals surface area contributed by atoms with Crippen LogP contribution in [0.25, 0.3) is 22.2 Å². The smallest absolute Gasteiger partial charge is 0.164 e. The summed E-state index contributed by atoms with van der Waals surface area (Å²) < 4.78 is 7.17. The Morgan fingerprint density at radius 3 is 2.79 bits per heavy atom. The number of aromatic amines is 1. The summed E-state index contributed by atoms with van der Waals surface area (Å²) in [4.78, 5) is 8.25. The number of rotatable bonds is 3. The lowest BCUT2D eigenvalue weighted by atomic mass is 10.1. The van der Waals surface area contributed by atoms with Crippen LogP contribution >= 0.6 is 0 Å². The Balaban J connectivity index is 1.90. The lowest BCUT2D eigenvalue weighted by Gasteiger charge is -2.17. The highest BCUT2D eigenvalue weighted by atomic mass is 16.6. The van der Waals surface area contributed by atoms with Crippen molar-refractivity contribution >= 4 is 16.9 Å². The molecule has 4 atom stereocenters. The first-order chi connectivity index (χ1) is 11.6. The van der Waals surface area contributed by atoms with E-state index in [1.807, 2.05) is 0 Å². The lowest BCUT2D eigenvalue weighted by Crippen LogP contribution is -2.33. The van der Waals surface area contributed by atoms with E-state index in [-0.39, 0.29) is 5.82 Å². The molecule has 0 radical (unpaired) electrons. The number of nitrogens with zero attached hydrogens (tertiary/aromatic N) is 4. The number of hydrogen-bond acceptors (Lipinski definition) is 8. The molecule has 1 aliphatic heterocycles. The van der Waals surface area contributed by atoms with E-state index in [4.69, 9.17) is 10.5 Å². The fourth-order valence-electron chi connectivity index (χ4n) is 3.03. The molecule has 0 amide bonds. The van der Waals surface area contributed by atoms with Crippen LogP contribution < -0.4 is 5.73 Å². The molecule has 126 valence electrons. The molecule has 0 saturated carbocycles. The van der Waals surface area contributed by atoms with Gasteiger partial charge in [-0.1, -0.05) is 0 Å². The van der Waals surface area contributed by atoms with Crippen LogP contribution in [-0.4, -0.2) is 65.0 Å². The minimum Gasteiger partial charge on any atom is -0.394 e. The summed E-state index contributed by atoms with van der Waals surface area (Å²) in [5.74, 6) is 0.279. The summed E-state index contributed by atoms with van der Waals surface area (Å²) in [7, 11) is 0. The third kappa shape index (κ3) is 2.08. The van der Waals surface area contributed by atoms with Crippen molar-refractivity contribution < 1.29 is 20.1 Å². The van der Waals surface area contributed by atoms with E-state index in [0.717, 1.165) is 11.1 Å². The van der Waals surface area contributed by atoms with Crippen LogP contribution in [0.15, 0.2) is 24.9 Å². The Labute approximate surface area is 135 Å². The molecule has 0 spiro atoms. The topological polar surface area (TPSA) is 155 Å². The van der Waals surface area contributed by atoms with Crippen LogP contribution in [0.1, 0.15) is 6.23 Å². The number of aromatic nitrogens is 5. The normalized spacial score (nSPS) is 27.1. The van der Waals surface area contributed by atoms with E-state index in [1.54, 1.807) is 23.2 Å². The fraction of sp³-hybridized carbons (Fsp3) is 0.357. The van der Waals surface area contributed by atoms with Crippen molar-refractivity contribution in [2.45, 2.75) is 24.5 Å². The highest BCUT2D eigenvalue weighted by Crippen LogP contribution is 2.37. The summed E-state index contributed by atoms with van der Waals surface area (Å²) in [6.45, 7) is -0.403. The predicted octanol–water partition coefficient (Wildman–Crippen LogP) is -0.985. The van der Waals surface area contributed by atoms with Gasteiger partial charge in [-0.05, 0) is 0 Å². The fourth-order valence-corrected chi connectivity index (χ4v) is 3.03. The largest absolute Gasteiger partial charge is 0.394 e. The maximum absolute atomic E-state index is 10.3. The molecule has 10 nitrogen and oxygen atoms in total. The Morgan fingerprint density at radius 2 is 2.12 bits per heavy atom. The van der Waals surface area contributed by atoms with E-state index in [1.165, 1.54) is 6.33 Å². The molecule has 1 aliphatic rings. The molecule has 3 aromatic heterocycles. The zero-order chi connectivity index (χ0) is 16.8. The van der Waals surface area contributed by atoms with Crippen molar-refractivity contribution in [1.82, 2.24) is 24.7 Å². The zero-order valence-electron chi connectivity index (χ0n) is 12.4. The van der Waals surface area contributed by atoms with Crippen LogP contribution in [0.2, 0.25) is 0 Å². The van der Waals surface area contributed by atoms with E-state index < -0.39 is 31.1 Å². The summed E-state index contributed by atoms with van der Waals surface area (Å²) in [6, 6.07) is 0. The molecule has 6 N–H and O–H groups in total. The summed E-state index contributed by atoms with van der Waals surface area (Å²) >= 11 is 0. The van der Waals surface area contributed by atoms with Crippen molar-refractivity contribution in [2.24, 2.45) is 0 Å². The van der Waals surface area contributed by atoms with E-state index in [2.05, 4.69) is 20.2 Å². The van der Waals surface area contributed by atoms with Gasteiger partial charge >= 0.3 is 0 Å². The number of fused-ring (bicyclic) bond motifs is 1. The third-order valence-electron chi connectivity index (χ3n) is 4.24. The van der Waals surface area contributed by atoms with Crippen LogP contribution in [0.5, 0.6) is 0 Å². The molecule has 24 heavy (non-hydrogen) atoms. The van der Waals surface area contributed by atoms with Crippen molar-refractivity contribution in [2.75, 3.05) is 12.3 Å². The van der Waals surface area contributed by atoms with Crippen molar-refractivity contribution in [1.29, 1.82) is 0 Å². The Kier molecular flexibility index (Phi) is 3.46. The van der Waals surface area contributed by atoms with E-state index >= 15 is 0 Å². The summed E-state index contributed by atoms with van der Waals surface area (Å²) in [6.07, 6.45) is 2.15. The first-order valence-electron chi connectivity index (χ1n) is 7.34. The second-order valence-corrected chi connectivity index (χ2v) is 5.62. The summed E-state index contributed by atoms with van der Waals surface area (Å²) in [5.41, 5.74) is 7.94. The van der Waals surface area contributed by atoms with Crippen LogP contribution in [0.3, 0.4) is 0 Å². The standard InChI is InChI=1S/C14H16N6O4/c15-12-9-7(6-1-18-19-2-6)3-20(13(9)17-5-16-12)14-11(23)10(22)8(4-21)24-14/h1-3,5,8,10-11,14,21-23H,4H2,(H,18,19)(H2,15,16,17)/t8-,10?,11+,14-/m1/s1. The lowest BCUT2D eigenvalue weighted by molar-refractivity contribution is -0.0508. The number of anilines is 1. The molecule has 0 bridgehead atoms. The zero-order valence-corrected chi connectivity index (χ0v) is 12.4. The monoisotopic (exact) mass is 332 g/mol. The minimum atomic E-state index is -1.22. The van der Waals surface area contributed by atoms with Crippen molar-refractivity contribution in [3.63, 3.8) is 0 Å². The molecule has 0 aromatic carbocycles. The van der Waals surface area contributed by atoms with Gasteiger partial charge < -0.3 is 30.4 Å². The Morgan fingerprint density at radius 1 is 1.29 bits per heavy atom. The first kappa shape index (κ1) is 15.0. The van der Waals surface area contributed by atoms with E-state index in [9.17, 15) is 15.3 Å². The van der Waals surface area contributed by atoms with Gasteiger partial charge in [0.1, 0.15) is 36.1 Å². The van der Waals surface area contributed by atoms with Crippen molar-refractivity contribution in [3.8, 4) is 11.1 Å². The maximum Gasteiger partial charge on any atom is 0.164 e. The van der Waals surface area contributed by atoms with Crippen LogP contribution in [0, 0.1) is 0 Å². The van der Waals surface area contributed by atoms with Gasteiger partial charge in [0.25, 0.3) is 0 Å². The van der Waals surface area contributed by atoms with E-state index in [0.29, 0.717) is 11.0 Å². The third-order valence-corrected chi connectivity index (χ3v) is 4.24. The highest BCUT2D eigenvalue weighted by molar-refractivity contribution is 6.00. The number of nitrogens with two attached hydrogens (primary N) is 1. The van der Waals surface area contributed by atoms with Gasteiger partial charge in [-0.2, -0.15) is 5.10 Å². The number of H-pyrrole nitrogens is 1. The van der Waals surface area contributed by atoms with Gasteiger partial charge in [-0.15, -0.1) is 0 Å². The second-order valence-electron chi connectivity index (χ2n) is 5.62. The number of aliphatic hydroxyl groups is 3. The predicted molar refractivity (Wildman–Crippen MR) is 82.5 cm³/mol. The molecule has 1 saturated heterocycles. The molecule has 0 aliphatic carbocycles. The molecule has 4 rings (SSSR count). The number of nitrogens with one attached hydrogen (secondary N) is 1. The molecule has 10 heteroatoms. The molecular formula is C14H16N6O4. The quantitative estimate of drug-likeness (QED) is 0.409. The number of hydrogen-bond donors (Lipinski definition) is 5. The molecular weight excluding hydrogens is 316 g/mol. The Bertz CT molecular complexity index is 864. The van der Waals surface area contributed by atoms with Crippen LogP contribution in [-0.2, 0) is 4.74 Å². The molecule has 1 fully saturated rings. The van der Waals surface area contributed by atoms with Gasteiger partial charge in [-0.25, -0.2) is 9.97 Å². The summed E-state index contributed by atoms with van der Waals surface area (Å²) in [5, 5.41) is 36.8. The van der Waals surface area contributed by atoms with Gasteiger partial charge in [0.2, 0.25) is 0 Å². The first-order valence-corrected chi connectivity index (χ1v) is 7.34. The maximum atomic E-state index is 10.3. The average molecular weight is 332 g/mol. The van der Waals surface area contributed by atoms with Crippen LogP contribution in [0.4, 0.5) is 5.82 Å². The van der Waals surface area contributed by atoms with Gasteiger partial charge in [0, 0.05) is 23.5 Å². The van der Waals surface area contributed by atoms with Gasteiger partial charge in [-0.3, -0.25) is 5.10 Å². The molecule has 1 unspecified atom stereocenters. The number of ether oxygens (including phenoxy) is 1. The van der Waals surface area contributed by atoms with Crippen molar-refractivity contribution in [3.05, 3.63) is 24.9 Å². The number of nitrogen functional groups attached to an aromatic ring is 1. The van der Waals surface area contributed by atoms with Gasteiger partial charge in [0.15, 0.2) is 6.23 Å².